The Bertz CT molecular complexity index is 7.51. The van der Waals surface area contributed by atoms with Crippen molar-refractivity contribution in [2.75, 3.05) is 0 Å². The van der Waals surface area contributed by atoms with Gasteiger partial charge in [-0.05, 0) is 0 Å². The standard InChI is InChI=1S/Na.4O.Tc/q+1;4*-2;+7. The number of hydrogen-bond donors (Lipinski definition) is 0. The molecule has 4 nitrogen and oxygen atoms in total. The van der Waals surface area contributed by atoms with Crippen molar-refractivity contribution < 1.29 is 71.6 Å². The van der Waals surface area contributed by atoms with Gasteiger partial charge in [-0.2, -0.15) is 0 Å². The van der Waals surface area contributed by atoms with Gasteiger partial charge >= 0.3 is 49.7 Å². The van der Waals surface area contributed by atoms with Crippen LogP contribution in [0.4, 0.5) is 0 Å². The van der Waals surface area contributed by atoms with Gasteiger partial charge in [0.2, 0.25) is 0 Å². The Morgan fingerprint density at radius 1 is 0.500 bits per heavy atom. The maximum Gasteiger partial charge on any atom is 7.00 e. The molecule has 0 spiro atoms. The molecule has 0 amide bonds. The Balaban J connectivity index is 0. The second-order valence-corrected chi connectivity index (χ2v) is 0. The summed E-state index contributed by atoms with van der Waals surface area (Å²) in [6.07, 6.45) is 0. The first-order chi connectivity index (χ1) is 0. The summed E-state index contributed by atoms with van der Waals surface area (Å²) in [5, 5.41) is 0. The van der Waals surface area contributed by atoms with Crippen molar-refractivity contribution in [1.82, 2.24) is 0 Å². The Kier molecular flexibility index (Phi) is 2090. The van der Waals surface area contributed by atoms with Crippen LogP contribution in [0.2, 0.25) is 0 Å². The first-order valence-electron chi connectivity index (χ1n) is 0. The molecular formula is NaO4Tc. The number of rotatable bonds is 0. The van der Waals surface area contributed by atoms with Crippen LogP contribution < -0.4 is 29.6 Å². The van der Waals surface area contributed by atoms with Gasteiger partial charge in [0.15, 0.2) is 0 Å². The molecule has 6 heteroatoms. The quantitative estimate of drug-likeness (QED) is 0.349. The molecule has 0 saturated heterocycles. The second-order valence-electron chi connectivity index (χ2n) is 0. The fraction of sp³-hybridized carbons (Fsp3) is 0. The van der Waals surface area contributed by atoms with E-state index in [2.05, 4.69) is 0 Å². The van der Waals surface area contributed by atoms with Crippen LogP contribution in [0.5, 0.6) is 0 Å². The van der Waals surface area contributed by atoms with E-state index >= 15 is 0 Å². The van der Waals surface area contributed by atoms with Gasteiger partial charge in [-0.15, -0.1) is 0 Å². The number of hydrogen-bond acceptors (Lipinski definition) is 0. The summed E-state index contributed by atoms with van der Waals surface area (Å²) in [5.41, 5.74) is 0. The molecule has 0 bridgehead atoms. The van der Waals surface area contributed by atoms with Crippen LogP contribution in [-0.4, -0.2) is 0 Å². The fourth-order valence-corrected chi connectivity index (χ4v) is 0. The van der Waals surface area contributed by atoms with Gasteiger partial charge in [0.05, 0.1) is 0 Å². The van der Waals surface area contributed by atoms with E-state index in [1.165, 1.54) is 0 Å². The van der Waals surface area contributed by atoms with Crippen LogP contribution in [0.15, 0.2) is 0 Å². The molecule has 0 unspecified atom stereocenters. The van der Waals surface area contributed by atoms with E-state index in [-0.39, 0.29) is 71.6 Å². The van der Waals surface area contributed by atoms with E-state index in [1.807, 2.05) is 0 Å². The maximum absolute atomic E-state index is 0. The van der Waals surface area contributed by atoms with E-state index in [4.69, 9.17) is 0 Å². The molecule has 0 aromatic rings. The molecule has 0 aliphatic carbocycles. The van der Waals surface area contributed by atoms with Crippen LogP contribution in [0, 0.1) is 0 Å². The minimum Gasteiger partial charge on any atom is -2.00 e. The van der Waals surface area contributed by atoms with Crippen molar-refractivity contribution >= 4 is 0 Å². The molecule has 0 saturated carbocycles. The maximum atomic E-state index is 0. The third-order valence-electron chi connectivity index (χ3n) is 0. The molecular weight excluding hydrogens is 185 g/mol. The molecule has 32 valence electrons. The summed E-state index contributed by atoms with van der Waals surface area (Å²) in [5.74, 6) is 0. The van der Waals surface area contributed by atoms with Gasteiger partial charge in [-0.1, -0.05) is 0 Å². The molecule has 0 aliphatic heterocycles. The van der Waals surface area contributed by atoms with Crippen molar-refractivity contribution in [3.63, 3.8) is 0 Å². The van der Waals surface area contributed by atoms with Crippen LogP contribution in [0.1, 0.15) is 0 Å². The molecule has 6 heavy (non-hydrogen) atoms. The van der Waals surface area contributed by atoms with Crippen molar-refractivity contribution in [2.24, 2.45) is 0 Å². The van der Waals surface area contributed by atoms with E-state index in [0.29, 0.717) is 0 Å². The summed E-state index contributed by atoms with van der Waals surface area (Å²) in [6, 6.07) is 0. The van der Waals surface area contributed by atoms with Crippen LogP contribution >= 0.6 is 0 Å². The van der Waals surface area contributed by atoms with Crippen LogP contribution in [0.25, 0.3) is 0 Å². The van der Waals surface area contributed by atoms with E-state index < -0.39 is 0 Å². The van der Waals surface area contributed by atoms with E-state index in [0.717, 1.165) is 0 Å². The zero-order chi connectivity index (χ0) is 0. The Morgan fingerprint density at radius 2 is 0.500 bits per heavy atom. The molecule has 0 rings (SSSR count). The van der Waals surface area contributed by atoms with Crippen molar-refractivity contribution in [2.45, 2.75) is 0 Å². The average Bonchev–Trinajstić information content (AvgIpc) is 0. The predicted octanol–water partition coefficient (Wildman–Crippen LogP) is -3.47. The zero-order valence-corrected chi connectivity index (χ0v) is 6.87. The molecule has 0 N–H and O–H groups in total. The normalized spacial score (nSPS) is 0. The minimum atomic E-state index is 0. The van der Waals surface area contributed by atoms with Gasteiger partial charge in [-0.25, -0.2) is 0 Å². The Morgan fingerprint density at radius 3 is 0.500 bits per heavy atom. The Hall–Kier alpha value is 1.49. The van der Waals surface area contributed by atoms with Crippen molar-refractivity contribution in [3.8, 4) is 0 Å². The van der Waals surface area contributed by atoms with Gasteiger partial charge in [0.25, 0.3) is 0 Å². The van der Waals surface area contributed by atoms with Gasteiger partial charge in [-0.3, -0.25) is 0 Å². The summed E-state index contributed by atoms with van der Waals surface area (Å²) < 4.78 is 0. The van der Waals surface area contributed by atoms with Crippen LogP contribution in [0.3, 0.4) is 0 Å². The summed E-state index contributed by atoms with van der Waals surface area (Å²) in [4.78, 5) is 0. The molecule has 0 radical (unpaired) electrons. The van der Waals surface area contributed by atoms with E-state index in [9.17, 15) is 0 Å². The predicted molar refractivity (Wildman–Crippen MR) is 2.75 cm³/mol. The first-order valence-corrected chi connectivity index (χ1v) is 0. The molecule has 0 aromatic carbocycles. The second kappa shape index (κ2) is 88.2. The topological polar surface area (TPSA) is 114 Å². The monoisotopic (exact) mass is 184 g/mol. The molecule has 0 heterocycles. The third kappa shape index (κ3) is 49.9. The largest absolute Gasteiger partial charge is 7.00 e. The Labute approximate surface area is 71.2 Å². The third-order valence-corrected chi connectivity index (χ3v) is 0. The summed E-state index contributed by atoms with van der Waals surface area (Å²) in [7, 11) is 0. The van der Waals surface area contributed by atoms with Crippen molar-refractivity contribution in [3.05, 3.63) is 0 Å². The first kappa shape index (κ1) is 142. The minimum absolute atomic E-state index is 0. The summed E-state index contributed by atoms with van der Waals surface area (Å²) in [6.45, 7) is 0. The van der Waals surface area contributed by atoms with Gasteiger partial charge in [0, 0.05) is 0 Å². The van der Waals surface area contributed by atoms with Crippen LogP contribution in [-0.2, 0) is 42.0 Å². The molecule has 0 aliphatic rings. The SMILES string of the molecule is [Na+].[O-2].[O-2].[O-2].[O-2].[Tc+7]. The van der Waals surface area contributed by atoms with Gasteiger partial charge < -0.3 is 21.9 Å². The molecule has 0 atom stereocenters. The molecule has 0 aromatic heterocycles. The molecule has 0 fully saturated rings. The van der Waals surface area contributed by atoms with Gasteiger partial charge in [0.1, 0.15) is 0 Å². The average molecular weight is 185 g/mol. The summed E-state index contributed by atoms with van der Waals surface area (Å²) >= 11 is 0. The van der Waals surface area contributed by atoms with Crippen molar-refractivity contribution in [1.29, 1.82) is 0 Å². The fourth-order valence-electron chi connectivity index (χ4n) is 0. The zero-order valence-electron chi connectivity index (χ0n) is 3.01. The van der Waals surface area contributed by atoms with E-state index in [1.54, 1.807) is 0 Å². The smallest absolute Gasteiger partial charge is 2.00 e.